The van der Waals surface area contributed by atoms with E-state index in [1.807, 2.05) is 0 Å². The van der Waals surface area contributed by atoms with Gasteiger partial charge in [-0.25, -0.2) is 0 Å². The quantitative estimate of drug-likeness (QED) is 0.634. The average molecular weight is 227 g/mol. The fourth-order valence-corrected chi connectivity index (χ4v) is 0. The van der Waals surface area contributed by atoms with Gasteiger partial charge in [0.05, 0.1) is 0 Å². The maximum atomic E-state index is 0. The van der Waals surface area contributed by atoms with Crippen LogP contribution in [0.3, 0.4) is 0 Å². The first-order chi connectivity index (χ1) is 0. The summed E-state index contributed by atoms with van der Waals surface area (Å²) in [5.74, 6) is 0. The minimum Gasteiger partial charge on any atom is -0.412 e. The van der Waals surface area contributed by atoms with Crippen LogP contribution in [0.1, 0.15) is 29.7 Å². The fourth-order valence-electron chi connectivity index (χ4n) is 0. The van der Waals surface area contributed by atoms with Crippen LogP contribution < -0.4 is 6.15 Å². The van der Waals surface area contributed by atoms with E-state index in [1.54, 1.807) is 0 Å². The first-order valence-corrected chi connectivity index (χ1v) is 0. The highest BCUT2D eigenvalue weighted by Gasteiger charge is -0.0744. The molecule has 0 aromatic carbocycles. The van der Waals surface area contributed by atoms with Gasteiger partial charge in [0.25, 0.3) is 0 Å². The second-order valence-electron chi connectivity index (χ2n) is 0. The summed E-state index contributed by atoms with van der Waals surface area (Å²) >= 11 is 0. The molecular formula is C4H22INO. The van der Waals surface area contributed by atoms with Crippen molar-refractivity contribution in [3.8, 4) is 0 Å². The maximum absolute atomic E-state index is 0. The third-order valence-electron chi connectivity index (χ3n) is 0. The van der Waals surface area contributed by atoms with E-state index >= 15 is 0 Å². The van der Waals surface area contributed by atoms with Gasteiger partial charge in [0.2, 0.25) is 0 Å². The Morgan fingerprint density at radius 1 is 0.571 bits per heavy atom. The van der Waals surface area contributed by atoms with Gasteiger partial charge < -0.3 is 11.6 Å². The van der Waals surface area contributed by atoms with E-state index in [9.17, 15) is 0 Å². The van der Waals surface area contributed by atoms with Crippen molar-refractivity contribution in [1.29, 1.82) is 0 Å². The molecule has 56 valence electrons. The molecule has 0 aromatic rings. The summed E-state index contributed by atoms with van der Waals surface area (Å²) in [7, 11) is 0. The Morgan fingerprint density at radius 3 is 0.571 bits per heavy atom. The fraction of sp³-hybridized carbons (Fsp3) is 1.00. The lowest BCUT2D eigenvalue weighted by molar-refractivity contribution is 0.824. The number of halogens is 1. The molecule has 5 N–H and O–H groups in total. The molecule has 0 aliphatic heterocycles. The molecular weight excluding hydrogens is 205 g/mol. The Morgan fingerprint density at radius 2 is 0.571 bits per heavy atom. The topological polar surface area (TPSA) is 66.5 Å². The zero-order chi connectivity index (χ0) is 0. The highest BCUT2D eigenvalue weighted by Crippen LogP contribution is 0.886. The van der Waals surface area contributed by atoms with E-state index in [-0.39, 0.29) is 65.3 Å². The summed E-state index contributed by atoms with van der Waals surface area (Å²) in [6, 6.07) is 0. The normalized spacial score (nSPS) is 0. The maximum Gasteiger partial charge on any atom is -0.0776 e. The van der Waals surface area contributed by atoms with Gasteiger partial charge in [-0.05, 0) is 0 Å². The molecule has 7 heavy (non-hydrogen) atoms. The van der Waals surface area contributed by atoms with E-state index in [0.717, 1.165) is 0 Å². The van der Waals surface area contributed by atoms with Crippen molar-refractivity contribution in [2.75, 3.05) is 0 Å². The van der Waals surface area contributed by atoms with Crippen molar-refractivity contribution >= 4 is 24.0 Å². The molecule has 0 aromatic heterocycles. The molecule has 3 heteroatoms. The van der Waals surface area contributed by atoms with Crippen LogP contribution >= 0.6 is 24.0 Å². The summed E-state index contributed by atoms with van der Waals surface area (Å²) in [6.07, 6.45) is 0. The monoisotopic (exact) mass is 227 g/mol. The van der Waals surface area contributed by atoms with Crippen LogP contribution in [0.2, 0.25) is 0 Å². The molecule has 0 saturated heterocycles. The number of rotatable bonds is 0. The Hall–Kier alpha value is 0.650. The molecule has 0 rings (SSSR count). The van der Waals surface area contributed by atoms with E-state index in [1.165, 1.54) is 0 Å². The number of hydrogen-bond donors (Lipinski definition) is 1. The lowest BCUT2D eigenvalue weighted by Gasteiger charge is -0.412. The van der Waals surface area contributed by atoms with Gasteiger partial charge in [-0.1, -0.05) is 29.7 Å². The van der Waals surface area contributed by atoms with Crippen LogP contribution in [-0.2, 0) is 0 Å². The van der Waals surface area contributed by atoms with Crippen molar-refractivity contribution in [3.05, 3.63) is 0 Å². The number of hydrogen-bond acceptors (Lipinski definition) is 1. The lowest BCUT2D eigenvalue weighted by Crippen LogP contribution is -0.481. The minimum absolute atomic E-state index is 0. The first kappa shape index (κ1) is 801. The molecule has 0 radical (unpaired) electrons. The van der Waals surface area contributed by atoms with Crippen LogP contribution in [0.25, 0.3) is 0 Å². The molecule has 0 atom stereocenters. The highest BCUT2D eigenvalue weighted by atomic mass is 127. The van der Waals surface area contributed by atoms with Gasteiger partial charge >= 0.3 is 0 Å². The molecule has 0 spiro atoms. The standard InChI is InChI=1S/4CH4.HI.H3N.H2O/h4*1H4;1H;1H3;1H2. The molecule has 0 amide bonds. The predicted molar refractivity (Wildman–Crippen MR) is 51.0 cm³/mol. The first-order valence-electron chi connectivity index (χ1n) is 0. The van der Waals surface area contributed by atoms with Crippen molar-refractivity contribution < 1.29 is 5.48 Å². The molecule has 0 saturated carbocycles. The smallest absolute Gasteiger partial charge is 0.0776 e. The lowest BCUT2D eigenvalue weighted by atomic mass is 12.0. The summed E-state index contributed by atoms with van der Waals surface area (Å²) < 4.78 is 0. The minimum atomic E-state index is 0. The van der Waals surface area contributed by atoms with E-state index in [2.05, 4.69) is 0 Å². The highest BCUT2D eigenvalue weighted by molar-refractivity contribution is 14.0. The Balaban J connectivity index is 0. The second-order valence-corrected chi connectivity index (χ2v) is 0. The summed E-state index contributed by atoms with van der Waals surface area (Å²) in [5, 5.41) is 0. The summed E-state index contributed by atoms with van der Waals surface area (Å²) in [5.41, 5.74) is 0. The van der Waals surface area contributed by atoms with Crippen LogP contribution in [0, 0.1) is 0 Å². The molecule has 0 fully saturated rings. The van der Waals surface area contributed by atoms with E-state index < -0.39 is 0 Å². The van der Waals surface area contributed by atoms with Crippen LogP contribution in [0.5, 0.6) is 0 Å². The van der Waals surface area contributed by atoms with Crippen molar-refractivity contribution in [2.24, 2.45) is 0 Å². The van der Waals surface area contributed by atoms with Gasteiger partial charge in [-0.3, -0.25) is 0 Å². The molecule has 0 aliphatic rings. The largest absolute Gasteiger partial charge is 0.412 e. The second kappa shape index (κ2) is 502. The molecule has 0 bridgehead atoms. The van der Waals surface area contributed by atoms with Gasteiger partial charge in [0, 0.05) is 0 Å². The van der Waals surface area contributed by atoms with Crippen LogP contribution in [0.4, 0.5) is 0 Å². The van der Waals surface area contributed by atoms with Crippen molar-refractivity contribution in [3.63, 3.8) is 0 Å². The van der Waals surface area contributed by atoms with Gasteiger partial charge in [-0.15, -0.1) is 24.0 Å². The Labute approximate surface area is 65.6 Å². The zero-order valence-corrected chi connectivity index (χ0v) is 3.95. The van der Waals surface area contributed by atoms with Gasteiger partial charge in [-0.2, -0.15) is 0 Å². The molecule has 0 heterocycles. The predicted octanol–water partition coefficient (Wildman–Crippen LogP) is 2.50. The molecule has 0 unspecified atom stereocenters. The zero-order valence-electron chi connectivity index (χ0n) is 1.62. The third-order valence-corrected chi connectivity index (χ3v) is 0. The van der Waals surface area contributed by atoms with Crippen molar-refractivity contribution in [2.45, 2.75) is 29.7 Å². The van der Waals surface area contributed by atoms with E-state index in [4.69, 9.17) is 0 Å². The third kappa shape index (κ3) is 340. The summed E-state index contributed by atoms with van der Waals surface area (Å²) in [4.78, 5) is 0. The molecule has 2 nitrogen and oxygen atoms in total. The Bertz CT molecular complexity index is 11.7. The SMILES string of the molecule is C.C.C.C.I.N.O. The van der Waals surface area contributed by atoms with Crippen LogP contribution in [-0.4, -0.2) is 5.48 Å². The average Bonchev–Trinajstić information content (AvgIpc) is 0. The molecule has 0 aliphatic carbocycles. The van der Waals surface area contributed by atoms with Crippen molar-refractivity contribution in [1.82, 2.24) is 6.15 Å². The van der Waals surface area contributed by atoms with E-state index in [0.29, 0.717) is 0 Å². The van der Waals surface area contributed by atoms with Gasteiger partial charge in [0.15, 0.2) is 0 Å². The summed E-state index contributed by atoms with van der Waals surface area (Å²) in [6.45, 7) is 0. The Kier molecular flexibility index (Phi) is 57500. The van der Waals surface area contributed by atoms with Crippen LogP contribution in [0.15, 0.2) is 0 Å². The van der Waals surface area contributed by atoms with Gasteiger partial charge in [0.1, 0.15) is 0 Å².